The molecule has 1 nitrogen and oxygen atoms in total. The molecule has 1 aliphatic heterocycles. The third kappa shape index (κ3) is 3.02. The predicted molar refractivity (Wildman–Crippen MR) is 197 cm³/mol. The van der Waals surface area contributed by atoms with E-state index in [1.54, 1.807) is 5.57 Å². The van der Waals surface area contributed by atoms with Crippen LogP contribution < -0.4 is 0 Å². The molecule has 5 aliphatic rings. The van der Waals surface area contributed by atoms with Crippen molar-refractivity contribution in [2.75, 3.05) is 0 Å². The zero-order valence-corrected chi connectivity index (χ0v) is 26.9. The smallest absolute Gasteiger partial charge is 0.0722 e. The fraction of sp³-hybridized carbons (Fsp3) is 0.174. The zero-order valence-electron chi connectivity index (χ0n) is 26.9. The van der Waals surface area contributed by atoms with Gasteiger partial charge in [-0.25, -0.2) is 0 Å². The lowest BCUT2D eigenvalue weighted by atomic mass is 9.69. The van der Waals surface area contributed by atoms with Crippen LogP contribution in [-0.2, 0) is 10.8 Å². The van der Waals surface area contributed by atoms with Crippen LogP contribution in [0.25, 0.3) is 55.3 Å². The molecule has 0 radical (unpaired) electrons. The summed E-state index contributed by atoms with van der Waals surface area (Å²) in [6.45, 7) is 4.84. The average molecular weight is 602 g/mol. The van der Waals surface area contributed by atoms with E-state index >= 15 is 0 Å². The molecule has 1 heteroatoms. The van der Waals surface area contributed by atoms with Gasteiger partial charge in [-0.3, -0.25) is 0 Å². The molecule has 1 aromatic heterocycles. The van der Waals surface area contributed by atoms with Crippen molar-refractivity contribution in [3.05, 3.63) is 166 Å². The number of rotatable bonds is 1. The molecule has 0 amide bonds. The molecule has 1 unspecified atom stereocenters. The molecule has 1 spiro atoms. The first kappa shape index (κ1) is 26.0. The van der Waals surface area contributed by atoms with Gasteiger partial charge in [0.05, 0.1) is 16.4 Å². The van der Waals surface area contributed by atoms with E-state index in [4.69, 9.17) is 0 Å². The van der Waals surface area contributed by atoms with Crippen LogP contribution in [0, 0.1) is 0 Å². The maximum Gasteiger partial charge on any atom is 0.0722 e. The van der Waals surface area contributed by atoms with Gasteiger partial charge in [-0.1, -0.05) is 117 Å². The Balaban J connectivity index is 1.17. The van der Waals surface area contributed by atoms with Crippen LogP contribution >= 0.6 is 0 Å². The van der Waals surface area contributed by atoms with Crippen molar-refractivity contribution in [1.82, 2.24) is 4.57 Å². The van der Waals surface area contributed by atoms with E-state index in [9.17, 15) is 0 Å². The van der Waals surface area contributed by atoms with E-state index in [2.05, 4.69) is 146 Å². The lowest BCUT2D eigenvalue weighted by molar-refractivity contribution is 0.585. The average Bonchev–Trinajstić information content (AvgIpc) is 3.72. The van der Waals surface area contributed by atoms with Crippen LogP contribution in [0.5, 0.6) is 0 Å². The molecular formula is C46H35N. The number of hydrogen-bond acceptors (Lipinski definition) is 0. The van der Waals surface area contributed by atoms with Crippen molar-refractivity contribution in [3.8, 4) is 22.3 Å². The first-order valence-corrected chi connectivity index (χ1v) is 17.3. The van der Waals surface area contributed by atoms with E-state index in [0.29, 0.717) is 0 Å². The minimum absolute atomic E-state index is 0.0226. The Morgan fingerprint density at radius 1 is 0.574 bits per heavy atom. The van der Waals surface area contributed by atoms with Gasteiger partial charge in [0.2, 0.25) is 0 Å². The Hall–Kier alpha value is -5.14. The Morgan fingerprint density at radius 3 is 2.17 bits per heavy atom. The topological polar surface area (TPSA) is 4.93 Å². The number of aromatic nitrogens is 1. The Labute approximate surface area is 275 Å². The highest BCUT2D eigenvalue weighted by atomic mass is 15.0. The monoisotopic (exact) mass is 601 g/mol. The second kappa shape index (κ2) is 8.81. The molecule has 6 aromatic rings. The lowest BCUT2D eigenvalue weighted by Crippen LogP contribution is -2.28. The highest BCUT2D eigenvalue weighted by Crippen LogP contribution is 2.63. The molecule has 1 atom stereocenters. The minimum Gasteiger partial charge on any atom is -0.309 e. The molecule has 47 heavy (non-hydrogen) atoms. The maximum absolute atomic E-state index is 2.56. The molecule has 0 N–H and O–H groups in total. The van der Waals surface area contributed by atoms with Gasteiger partial charge >= 0.3 is 0 Å². The van der Waals surface area contributed by atoms with Crippen LogP contribution in [0.4, 0.5) is 0 Å². The van der Waals surface area contributed by atoms with Crippen molar-refractivity contribution in [2.24, 2.45) is 0 Å². The number of benzene rings is 5. The van der Waals surface area contributed by atoms with Crippen molar-refractivity contribution in [1.29, 1.82) is 0 Å². The standard InChI is InChI=1S/C46H35N/c1-45(2)39-19-9-10-21-43(39)47-42-25-23-28(26-35(42)34-15-11-20-40(45)44(34)47)29-22-24-33-32-14-5-8-18-38(32)46(41(33)27-29)36-16-6-3-12-30(36)31-13-4-7-17-37(31)46/h3,5-8,10-12,14-18,20-27H,4,9,13,19H2,1-2H3. The quantitative estimate of drug-likeness (QED) is 0.177. The number of fused-ring (bicyclic) bond motifs is 13. The molecule has 0 bridgehead atoms. The first-order valence-electron chi connectivity index (χ1n) is 17.3. The lowest BCUT2D eigenvalue weighted by Gasteiger charge is -2.37. The number of nitrogens with zero attached hydrogens (tertiary/aromatic N) is 1. The second-order valence-electron chi connectivity index (χ2n) is 14.6. The van der Waals surface area contributed by atoms with Gasteiger partial charge in [0.25, 0.3) is 0 Å². The molecule has 0 saturated carbocycles. The van der Waals surface area contributed by atoms with Gasteiger partial charge in [-0.2, -0.15) is 0 Å². The van der Waals surface area contributed by atoms with E-state index in [1.165, 1.54) is 88.7 Å². The Bertz CT molecular complexity index is 2540. The summed E-state index contributed by atoms with van der Waals surface area (Å²) >= 11 is 0. The fourth-order valence-electron chi connectivity index (χ4n) is 10.2. The summed E-state index contributed by atoms with van der Waals surface area (Å²) in [4.78, 5) is 0. The normalized spacial score (nSPS) is 21.0. The predicted octanol–water partition coefficient (Wildman–Crippen LogP) is 11.7. The van der Waals surface area contributed by atoms with Gasteiger partial charge in [0.15, 0.2) is 0 Å². The summed E-state index contributed by atoms with van der Waals surface area (Å²) in [6.07, 6.45) is 14.0. The number of para-hydroxylation sites is 1. The molecule has 224 valence electrons. The van der Waals surface area contributed by atoms with Crippen LogP contribution in [0.1, 0.15) is 67.3 Å². The van der Waals surface area contributed by atoms with Crippen molar-refractivity contribution in [2.45, 2.75) is 50.4 Å². The van der Waals surface area contributed by atoms with Crippen molar-refractivity contribution in [3.63, 3.8) is 0 Å². The van der Waals surface area contributed by atoms with Gasteiger partial charge < -0.3 is 4.57 Å². The summed E-state index contributed by atoms with van der Waals surface area (Å²) < 4.78 is 2.56. The van der Waals surface area contributed by atoms with Crippen LogP contribution in [0.2, 0.25) is 0 Å². The fourth-order valence-corrected chi connectivity index (χ4v) is 10.2. The molecule has 11 rings (SSSR count). The molecule has 2 heterocycles. The van der Waals surface area contributed by atoms with E-state index in [0.717, 1.165) is 25.7 Å². The third-order valence-electron chi connectivity index (χ3n) is 12.2. The SMILES string of the molecule is CC1(C)C2=C(C=CCC2)n2c3ccc(-c4ccc5c(c4)C4(C6=C(CCC=C6)c6ccccc64)c4ccccc4-5)cc3c3cccc1c32. The highest BCUT2D eigenvalue weighted by molar-refractivity contribution is 6.14. The van der Waals surface area contributed by atoms with Crippen LogP contribution in [-0.4, -0.2) is 4.57 Å². The molecular weight excluding hydrogens is 567 g/mol. The summed E-state index contributed by atoms with van der Waals surface area (Å²) in [5.74, 6) is 0. The summed E-state index contributed by atoms with van der Waals surface area (Å²) in [7, 11) is 0. The Kier molecular flexibility index (Phi) is 4.87. The summed E-state index contributed by atoms with van der Waals surface area (Å²) in [5, 5.41) is 2.70. The maximum atomic E-state index is 2.56. The highest BCUT2D eigenvalue weighted by Gasteiger charge is 2.52. The van der Waals surface area contributed by atoms with Crippen molar-refractivity contribution < 1.29 is 0 Å². The minimum atomic E-state index is -0.277. The second-order valence-corrected chi connectivity index (χ2v) is 14.6. The van der Waals surface area contributed by atoms with E-state index in [1.807, 2.05) is 0 Å². The third-order valence-corrected chi connectivity index (χ3v) is 12.2. The van der Waals surface area contributed by atoms with E-state index < -0.39 is 0 Å². The molecule has 4 aliphatic carbocycles. The molecule has 0 fully saturated rings. The van der Waals surface area contributed by atoms with Gasteiger partial charge in [-0.05, 0) is 117 Å². The first-order chi connectivity index (χ1) is 23.1. The molecule has 5 aromatic carbocycles. The zero-order chi connectivity index (χ0) is 31.1. The van der Waals surface area contributed by atoms with Crippen LogP contribution in [0.3, 0.4) is 0 Å². The van der Waals surface area contributed by atoms with Gasteiger partial charge in [0.1, 0.15) is 0 Å². The molecule has 0 saturated heterocycles. The number of allylic oxidation sites excluding steroid dienone is 8. The Morgan fingerprint density at radius 2 is 1.28 bits per heavy atom. The van der Waals surface area contributed by atoms with E-state index in [-0.39, 0.29) is 10.8 Å². The number of hydrogen-bond donors (Lipinski definition) is 0. The summed E-state index contributed by atoms with van der Waals surface area (Å²) in [6, 6.07) is 39.8. The largest absolute Gasteiger partial charge is 0.309 e. The van der Waals surface area contributed by atoms with Crippen molar-refractivity contribution >= 4 is 33.1 Å². The van der Waals surface area contributed by atoms with Gasteiger partial charge in [0, 0.05) is 21.9 Å². The van der Waals surface area contributed by atoms with Gasteiger partial charge in [-0.15, -0.1) is 0 Å². The summed E-state index contributed by atoms with van der Waals surface area (Å²) in [5.41, 5.74) is 20.9. The van der Waals surface area contributed by atoms with Crippen LogP contribution in [0.15, 0.2) is 139 Å².